The first-order valence-electron chi connectivity index (χ1n) is 9.05. The van der Waals surface area contributed by atoms with E-state index in [1.165, 1.54) is 10.5 Å². The largest absolute Gasteiger partial charge is 0.487 e. The van der Waals surface area contributed by atoms with Crippen LogP contribution in [0.15, 0.2) is 48.8 Å². The van der Waals surface area contributed by atoms with Crippen LogP contribution in [0.1, 0.15) is 23.7 Å². The van der Waals surface area contributed by atoms with Crippen molar-refractivity contribution in [3.8, 4) is 5.75 Å². The van der Waals surface area contributed by atoms with E-state index >= 15 is 0 Å². The molecule has 4 rings (SSSR count). The SMILES string of the molecule is CCc1ccc(COc2ccc3cc(CN4C(=O)CSC4=O)cnc3c2)nc1. The smallest absolute Gasteiger partial charge is 0.289 e. The number of hydrogen-bond donors (Lipinski definition) is 0. The van der Waals surface area contributed by atoms with E-state index in [-0.39, 0.29) is 23.4 Å². The number of carbonyl (C=O) groups excluding carboxylic acids is 2. The molecule has 0 aliphatic carbocycles. The Labute approximate surface area is 166 Å². The molecule has 1 aliphatic heterocycles. The highest BCUT2D eigenvalue weighted by molar-refractivity contribution is 8.14. The van der Waals surface area contributed by atoms with Gasteiger partial charge in [0.1, 0.15) is 12.4 Å². The number of aryl methyl sites for hydroxylation is 1. The van der Waals surface area contributed by atoms with Crippen molar-refractivity contribution in [1.29, 1.82) is 0 Å². The molecule has 0 radical (unpaired) electrons. The molecule has 6 nitrogen and oxygen atoms in total. The molecule has 28 heavy (non-hydrogen) atoms. The number of pyridine rings is 2. The van der Waals surface area contributed by atoms with Crippen molar-refractivity contribution >= 4 is 33.8 Å². The summed E-state index contributed by atoms with van der Waals surface area (Å²) < 4.78 is 5.84. The van der Waals surface area contributed by atoms with Gasteiger partial charge in [-0.2, -0.15) is 0 Å². The molecule has 1 aromatic carbocycles. The van der Waals surface area contributed by atoms with Gasteiger partial charge < -0.3 is 4.74 Å². The number of imide groups is 1. The van der Waals surface area contributed by atoms with E-state index in [2.05, 4.69) is 23.0 Å². The van der Waals surface area contributed by atoms with Crippen molar-refractivity contribution in [2.75, 3.05) is 5.75 Å². The molecule has 0 unspecified atom stereocenters. The van der Waals surface area contributed by atoms with E-state index in [1.54, 1.807) is 6.20 Å². The summed E-state index contributed by atoms with van der Waals surface area (Å²) in [6, 6.07) is 11.7. The first-order valence-corrected chi connectivity index (χ1v) is 10.0. The Morgan fingerprint density at radius 1 is 1.07 bits per heavy atom. The molecule has 3 aromatic rings. The van der Waals surface area contributed by atoms with Gasteiger partial charge in [-0.25, -0.2) is 0 Å². The molecule has 1 saturated heterocycles. The molecule has 1 fully saturated rings. The second-order valence-corrected chi connectivity index (χ2v) is 7.46. The summed E-state index contributed by atoms with van der Waals surface area (Å²) in [5.41, 5.74) is 3.69. The highest BCUT2D eigenvalue weighted by atomic mass is 32.2. The Hall–Kier alpha value is -2.93. The van der Waals surface area contributed by atoms with Crippen molar-refractivity contribution in [3.05, 3.63) is 65.6 Å². The molecule has 142 valence electrons. The fourth-order valence-corrected chi connectivity index (χ4v) is 3.67. The third-order valence-corrected chi connectivity index (χ3v) is 5.43. The number of aromatic nitrogens is 2. The summed E-state index contributed by atoms with van der Waals surface area (Å²) in [5, 5.41) is 0.733. The summed E-state index contributed by atoms with van der Waals surface area (Å²) in [6.45, 7) is 2.75. The molecule has 0 N–H and O–H groups in total. The third-order valence-electron chi connectivity index (χ3n) is 4.57. The first-order chi connectivity index (χ1) is 13.6. The van der Waals surface area contributed by atoms with E-state index < -0.39 is 0 Å². The molecular weight excluding hydrogens is 374 g/mol. The highest BCUT2D eigenvalue weighted by Crippen LogP contribution is 2.24. The van der Waals surface area contributed by atoms with Crippen LogP contribution in [0.3, 0.4) is 0 Å². The van der Waals surface area contributed by atoms with Crippen LogP contribution in [-0.4, -0.2) is 31.8 Å². The summed E-state index contributed by atoms with van der Waals surface area (Å²) in [5.74, 6) is 0.783. The normalized spacial score (nSPS) is 14.1. The van der Waals surface area contributed by atoms with Crippen LogP contribution in [0.4, 0.5) is 4.79 Å². The summed E-state index contributed by atoms with van der Waals surface area (Å²) in [7, 11) is 0. The molecule has 7 heteroatoms. The summed E-state index contributed by atoms with van der Waals surface area (Å²) in [4.78, 5) is 33.6. The lowest BCUT2D eigenvalue weighted by Crippen LogP contribution is -2.27. The average Bonchev–Trinajstić information content (AvgIpc) is 3.04. The Balaban J connectivity index is 1.45. The molecule has 2 amide bonds. The van der Waals surface area contributed by atoms with Gasteiger partial charge in [0.2, 0.25) is 5.91 Å². The Bertz CT molecular complexity index is 1020. The highest BCUT2D eigenvalue weighted by Gasteiger charge is 2.29. The van der Waals surface area contributed by atoms with Crippen molar-refractivity contribution < 1.29 is 14.3 Å². The van der Waals surface area contributed by atoms with Gasteiger partial charge in [0.25, 0.3) is 5.24 Å². The van der Waals surface area contributed by atoms with Gasteiger partial charge in [-0.3, -0.25) is 24.5 Å². The number of carbonyl (C=O) groups is 2. The number of amides is 2. The van der Waals surface area contributed by atoms with Crippen LogP contribution >= 0.6 is 11.8 Å². The number of benzene rings is 1. The van der Waals surface area contributed by atoms with Crippen LogP contribution < -0.4 is 4.74 Å². The van der Waals surface area contributed by atoms with Crippen LogP contribution in [-0.2, 0) is 24.4 Å². The van der Waals surface area contributed by atoms with Crippen LogP contribution in [0.2, 0.25) is 0 Å². The van der Waals surface area contributed by atoms with E-state index in [4.69, 9.17) is 4.74 Å². The van der Waals surface area contributed by atoms with E-state index in [0.29, 0.717) is 6.61 Å². The Kier molecular flexibility index (Phi) is 5.25. The van der Waals surface area contributed by atoms with Gasteiger partial charge in [0, 0.05) is 23.8 Å². The molecule has 0 saturated carbocycles. The molecule has 0 spiro atoms. The summed E-state index contributed by atoms with van der Waals surface area (Å²) in [6.07, 6.45) is 4.53. The lowest BCUT2D eigenvalue weighted by molar-refractivity contribution is -0.125. The van der Waals surface area contributed by atoms with Gasteiger partial charge in [-0.05, 0) is 41.8 Å². The predicted molar refractivity (Wildman–Crippen MR) is 108 cm³/mol. The van der Waals surface area contributed by atoms with Crippen LogP contribution in [0, 0.1) is 0 Å². The molecule has 2 aromatic heterocycles. The zero-order chi connectivity index (χ0) is 19.5. The number of rotatable bonds is 6. The minimum atomic E-state index is -0.200. The fourth-order valence-electron chi connectivity index (χ4n) is 2.95. The molecular formula is C21H19N3O3S. The van der Waals surface area contributed by atoms with Crippen LogP contribution in [0.5, 0.6) is 5.75 Å². The van der Waals surface area contributed by atoms with Gasteiger partial charge in [-0.15, -0.1) is 0 Å². The van der Waals surface area contributed by atoms with E-state index in [0.717, 1.165) is 46.1 Å². The number of thioether (sulfide) groups is 1. The zero-order valence-corrected chi connectivity index (χ0v) is 16.2. The second kappa shape index (κ2) is 7.98. The lowest BCUT2D eigenvalue weighted by atomic mass is 10.1. The average molecular weight is 393 g/mol. The van der Waals surface area contributed by atoms with Gasteiger partial charge in [-0.1, -0.05) is 24.8 Å². The lowest BCUT2D eigenvalue weighted by Gasteiger charge is -2.13. The van der Waals surface area contributed by atoms with Gasteiger partial charge in [0.15, 0.2) is 0 Å². The molecule has 1 aliphatic rings. The first kappa shape index (κ1) is 18.4. The third kappa shape index (κ3) is 3.99. The maximum atomic E-state index is 11.8. The van der Waals surface area contributed by atoms with E-state index in [1.807, 2.05) is 36.5 Å². The topological polar surface area (TPSA) is 72.4 Å². The number of hydrogen-bond acceptors (Lipinski definition) is 6. The van der Waals surface area contributed by atoms with Crippen molar-refractivity contribution in [2.45, 2.75) is 26.5 Å². The fraction of sp³-hybridized carbons (Fsp3) is 0.238. The van der Waals surface area contributed by atoms with Crippen molar-refractivity contribution in [3.63, 3.8) is 0 Å². The standard InChI is InChI=1S/C21H19N3O3S/c1-2-14-3-5-17(22-9-14)12-27-18-6-4-16-7-15(10-23-19(16)8-18)11-24-20(25)13-28-21(24)26/h3-10H,2,11-13H2,1H3. The number of ether oxygens (including phenoxy) is 1. The molecule has 0 atom stereocenters. The van der Waals surface area contributed by atoms with Gasteiger partial charge >= 0.3 is 0 Å². The van der Waals surface area contributed by atoms with Gasteiger partial charge in [0.05, 0.1) is 23.5 Å². The number of nitrogens with zero attached hydrogens (tertiary/aromatic N) is 3. The molecule has 3 heterocycles. The monoisotopic (exact) mass is 393 g/mol. The maximum absolute atomic E-state index is 11.8. The quantitative estimate of drug-likeness (QED) is 0.631. The zero-order valence-electron chi connectivity index (χ0n) is 15.4. The van der Waals surface area contributed by atoms with Crippen molar-refractivity contribution in [2.24, 2.45) is 0 Å². The minimum Gasteiger partial charge on any atom is -0.487 e. The van der Waals surface area contributed by atoms with Crippen molar-refractivity contribution in [1.82, 2.24) is 14.9 Å². The van der Waals surface area contributed by atoms with E-state index in [9.17, 15) is 9.59 Å². The Morgan fingerprint density at radius 2 is 1.93 bits per heavy atom. The minimum absolute atomic E-state index is 0.153. The maximum Gasteiger partial charge on any atom is 0.289 e. The predicted octanol–water partition coefficient (Wildman–Crippen LogP) is 3.97. The summed E-state index contributed by atoms with van der Waals surface area (Å²) >= 11 is 1.04. The Morgan fingerprint density at radius 3 is 2.64 bits per heavy atom. The number of fused-ring (bicyclic) bond motifs is 1. The second-order valence-electron chi connectivity index (χ2n) is 6.53. The van der Waals surface area contributed by atoms with Crippen LogP contribution in [0.25, 0.3) is 10.9 Å². The molecule has 0 bridgehead atoms.